The van der Waals surface area contributed by atoms with E-state index in [9.17, 15) is 4.79 Å². The summed E-state index contributed by atoms with van der Waals surface area (Å²) in [5, 5.41) is 3.80. The lowest BCUT2D eigenvalue weighted by atomic mass is 10.1. The van der Waals surface area contributed by atoms with Crippen molar-refractivity contribution < 1.29 is 13.9 Å². The summed E-state index contributed by atoms with van der Waals surface area (Å²) in [6, 6.07) is 9.30. The van der Waals surface area contributed by atoms with Gasteiger partial charge in [0.1, 0.15) is 17.3 Å². The fraction of sp³-hybridized carbons (Fsp3) is 0.250. The summed E-state index contributed by atoms with van der Waals surface area (Å²) in [5.74, 6) is 1.72. The first-order valence-electron chi connectivity index (χ1n) is 6.63. The minimum Gasteiger partial charge on any atom is -0.484 e. The van der Waals surface area contributed by atoms with Gasteiger partial charge in [-0.3, -0.25) is 4.79 Å². The van der Waals surface area contributed by atoms with Gasteiger partial charge in [0.2, 0.25) is 0 Å². The van der Waals surface area contributed by atoms with Crippen molar-refractivity contribution in [1.29, 1.82) is 0 Å². The standard InChI is InChI=1S/C16H18N2O3/c1-11-4-6-14(8-12(11)2)20-10-16(19)18-17-9-15-7-5-13(3)21-15/h4-9H,10H2,1-3H3,(H,18,19)/b17-9+. The summed E-state index contributed by atoms with van der Waals surface area (Å²) in [4.78, 5) is 11.6. The van der Waals surface area contributed by atoms with Gasteiger partial charge in [0, 0.05) is 0 Å². The van der Waals surface area contributed by atoms with E-state index in [0.29, 0.717) is 11.5 Å². The zero-order valence-corrected chi connectivity index (χ0v) is 12.3. The second kappa shape index (κ2) is 6.74. The Hall–Kier alpha value is -2.56. The Morgan fingerprint density at radius 3 is 2.71 bits per heavy atom. The molecule has 0 saturated heterocycles. The molecular weight excluding hydrogens is 268 g/mol. The molecule has 0 aliphatic carbocycles. The Morgan fingerprint density at radius 2 is 2.05 bits per heavy atom. The van der Waals surface area contributed by atoms with Crippen LogP contribution in [0.3, 0.4) is 0 Å². The van der Waals surface area contributed by atoms with Crippen molar-refractivity contribution >= 4 is 12.1 Å². The number of benzene rings is 1. The van der Waals surface area contributed by atoms with Crippen LogP contribution in [0.2, 0.25) is 0 Å². The summed E-state index contributed by atoms with van der Waals surface area (Å²) in [7, 11) is 0. The predicted molar refractivity (Wildman–Crippen MR) is 80.6 cm³/mol. The Kier molecular flexibility index (Phi) is 4.77. The quantitative estimate of drug-likeness (QED) is 0.679. The zero-order chi connectivity index (χ0) is 15.2. The van der Waals surface area contributed by atoms with E-state index in [4.69, 9.17) is 9.15 Å². The SMILES string of the molecule is Cc1ccc(/C=N/NC(=O)COc2ccc(C)c(C)c2)o1. The molecule has 2 rings (SSSR count). The van der Waals surface area contributed by atoms with E-state index < -0.39 is 0 Å². The van der Waals surface area contributed by atoms with Gasteiger partial charge in [-0.1, -0.05) is 6.07 Å². The molecule has 1 amide bonds. The van der Waals surface area contributed by atoms with Gasteiger partial charge in [0.15, 0.2) is 6.61 Å². The topological polar surface area (TPSA) is 63.8 Å². The summed E-state index contributed by atoms with van der Waals surface area (Å²) in [5.41, 5.74) is 4.69. The summed E-state index contributed by atoms with van der Waals surface area (Å²) < 4.78 is 10.7. The van der Waals surface area contributed by atoms with E-state index >= 15 is 0 Å². The minimum absolute atomic E-state index is 0.0863. The van der Waals surface area contributed by atoms with Crippen molar-refractivity contribution in [3.63, 3.8) is 0 Å². The van der Waals surface area contributed by atoms with Crippen molar-refractivity contribution in [2.24, 2.45) is 5.10 Å². The molecule has 0 aliphatic heterocycles. The Morgan fingerprint density at radius 1 is 1.24 bits per heavy atom. The van der Waals surface area contributed by atoms with Crippen molar-refractivity contribution in [1.82, 2.24) is 5.43 Å². The normalized spacial score (nSPS) is 10.8. The molecule has 1 N–H and O–H groups in total. The van der Waals surface area contributed by atoms with Crippen LogP contribution in [0.1, 0.15) is 22.6 Å². The lowest BCUT2D eigenvalue weighted by Crippen LogP contribution is -2.24. The number of nitrogens with one attached hydrogen (secondary N) is 1. The molecule has 21 heavy (non-hydrogen) atoms. The van der Waals surface area contributed by atoms with Crippen molar-refractivity contribution in [3.05, 3.63) is 53.0 Å². The van der Waals surface area contributed by atoms with Gasteiger partial charge in [0.05, 0.1) is 6.21 Å². The van der Waals surface area contributed by atoms with E-state index in [2.05, 4.69) is 10.5 Å². The van der Waals surface area contributed by atoms with E-state index in [1.165, 1.54) is 11.8 Å². The van der Waals surface area contributed by atoms with E-state index in [0.717, 1.165) is 11.3 Å². The maximum absolute atomic E-state index is 11.6. The third-order valence-electron chi connectivity index (χ3n) is 2.99. The fourth-order valence-corrected chi connectivity index (χ4v) is 1.68. The fourth-order valence-electron chi connectivity index (χ4n) is 1.68. The molecule has 2 aromatic rings. The van der Waals surface area contributed by atoms with Gasteiger partial charge in [0.25, 0.3) is 5.91 Å². The Labute approximate surface area is 123 Å². The van der Waals surface area contributed by atoms with E-state index in [1.54, 1.807) is 6.07 Å². The molecule has 0 saturated carbocycles. The molecule has 0 unspecified atom stereocenters. The lowest BCUT2D eigenvalue weighted by Gasteiger charge is -2.07. The van der Waals surface area contributed by atoms with Gasteiger partial charge >= 0.3 is 0 Å². The monoisotopic (exact) mass is 286 g/mol. The number of carbonyl (C=O) groups is 1. The number of hydrogen-bond donors (Lipinski definition) is 1. The number of amides is 1. The van der Waals surface area contributed by atoms with Crippen LogP contribution in [-0.2, 0) is 4.79 Å². The van der Waals surface area contributed by atoms with Crippen LogP contribution < -0.4 is 10.2 Å². The Balaban J connectivity index is 1.79. The third-order valence-corrected chi connectivity index (χ3v) is 2.99. The minimum atomic E-state index is -0.326. The highest BCUT2D eigenvalue weighted by atomic mass is 16.5. The molecule has 0 spiro atoms. The lowest BCUT2D eigenvalue weighted by molar-refractivity contribution is -0.123. The molecule has 0 radical (unpaired) electrons. The molecule has 1 heterocycles. The highest BCUT2D eigenvalue weighted by Crippen LogP contribution is 2.16. The van der Waals surface area contributed by atoms with Crippen LogP contribution >= 0.6 is 0 Å². The average molecular weight is 286 g/mol. The molecule has 0 fully saturated rings. The third kappa shape index (κ3) is 4.49. The number of ether oxygens (including phenoxy) is 1. The van der Waals surface area contributed by atoms with Gasteiger partial charge < -0.3 is 9.15 Å². The second-order valence-electron chi connectivity index (χ2n) is 4.78. The van der Waals surface area contributed by atoms with Crippen LogP contribution in [0.15, 0.2) is 39.9 Å². The highest BCUT2D eigenvalue weighted by Gasteiger charge is 2.02. The first-order chi connectivity index (χ1) is 10.0. The molecule has 5 heteroatoms. The van der Waals surface area contributed by atoms with Crippen LogP contribution in [0.4, 0.5) is 0 Å². The first kappa shape index (κ1) is 14.8. The van der Waals surface area contributed by atoms with Crippen LogP contribution in [0.5, 0.6) is 5.75 Å². The van der Waals surface area contributed by atoms with Crippen molar-refractivity contribution in [3.8, 4) is 5.75 Å². The number of furan rings is 1. The van der Waals surface area contributed by atoms with Crippen LogP contribution in [0.25, 0.3) is 0 Å². The van der Waals surface area contributed by atoms with Crippen LogP contribution in [0, 0.1) is 20.8 Å². The Bertz CT molecular complexity index is 659. The summed E-state index contributed by atoms with van der Waals surface area (Å²) >= 11 is 0. The van der Waals surface area contributed by atoms with Crippen molar-refractivity contribution in [2.75, 3.05) is 6.61 Å². The molecule has 0 atom stereocenters. The summed E-state index contributed by atoms with van der Waals surface area (Å²) in [6.45, 7) is 5.78. The molecule has 110 valence electrons. The van der Waals surface area contributed by atoms with Gasteiger partial charge in [-0.25, -0.2) is 5.43 Å². The average Bonchev–Trinajstić information content (AvgIpc) is 2.86. The molecule has 1 aromatic heterocycles. The predicted octanol–water partition coefficient (Wildman–Crippen LogP) is 2.73. The maximum Gasteiger partial charge on any atom is 0.277 e. The van der Waals surface area contributed by atoms with E-state index in [-0.39, 0.29) is 12.5 Å². The number of hydrazone groups is 1. The maximum atomic E-state index is 11.6. The zero-order valence-electron chi connectivity index (χ0n) is 12.3. The molecule has 0 aliphatic rings. The second-order valence-corrected chi connectivity index (χ2v) is 4.78. The largest absolute Gasteiger partial charge is 0.484 e. The molecule has 5 nitrogen and oxygen atoms in total. The van der Waals surface area contributed by atoms with Crippen LogP contribution in [-0.4, -0.2) is 18.7 Å². The number of aryl methyl sites for hydroxylation is 3. The molecular formula is C16H18N2O3. The molecule has 1 aromatic carbocycles. The number of hydrogen-bond acceptors (Lipinski definition) is 4. The smallest absolute Gasteiger partial charge is 0.277 e. The van der Waals surface area contributed by atoms with Gasteiger partial charge in [-0.2, -0.15) is 5.10 Å². The molecule has 0 bridgehead atoms. The van der Waals surface area contributed by atoms with Gasteiger partial charge in [-0.05, 0) is 56.2 Å². The number of carbonyl (C=O) groups excluding carboxylic acids is 1. The highest BCUT2D eigenvalue weighted by molar-refractivity contribution is 5.81. The first-order valence-corrected chi connectivity index (χ1v) is 6.63. The van der Waals surface area contributed by atoms with E-state index in [1.807, 2.05) is 45.0 Å². The summed E-state index contributed by atoms with van der Waals surface area (Å²) in [6.07, 6.45) is 1.45. The number of nitrogens with zero attached hydrogens (tertiary/aromatic N) is 1. The van der Waals surface area contributed by atoms with Gasteiger partial charge in [-0.15, -0.1) is 0 Å². The van der Waals surface area contributed by atoms with Crippen molar-refractivity contribution in [2.45, 2.75) is 20.8 Å². The number of rotatable bonds is 5.